The fourth-order valence-electron chi connectivity index (χ4n) is 6.39. The van der Waals surface area contributed by atoms with Gasteiger partial charge in [0.2, 0.25) is 0 Å². The number of ketones is 3. The van der Waals surface area contributed by atoms with Crippen LogP contribution in [0.2, 0.25) is 0 Å². The number of hydrogen-bond donors (Lipinski definition) is 5. The van der Waals surface area contributed by atoms with Crippen molar-refractivity contribution in [3.63, 3.8) is 0 Å². The first-order valence-electron chi connectivity index (χ1n) is 13.0. The Morgan fingerprint density at radius 1 is 1.18 bits per heavy atom. The molecule has 5 N–H and O–H groups in total. The predicted octanol–water partition coefficient (Wildman–Crippen LogP) is 2.22. The zero-order valence-corrected chi connectivity index (χ0v) is 23.0. The van der Waals surface area contributed by atoms with Crippen molar-refractivity contribution in [3.8, 4) is 5.75 Å². The smallest absolute Gasteiger partial charge is 0.195 e. The van der Waals surface area contributed by atoms with Gasteiger partial charge in [0.1, 0.15) is 17.1 Å². The first-order valence-corrected chi connectivity index (χ1v) is 13.0. The maximum atomic E-state index is 14.1. The monoisotopic (exact) mass is 526 g/mol. The van der Waals surface area contributed by atoms with Crippen LogP contribution in [0, 0.1) is 17.3 Å². The second kappa shape index (κ2) is 9.32. The highest BCUT2D eigenvalue weighted by Gasteiger charge is 2.66. The number of hydrogen-bond acceptors (Lipinski definition) is 9. The van der Waals surface area contributed by atoms with Gasteiger partial charge in [-0.1, -0.05) is 39.8 Å². The third kappa shape index (κ3) is 3.82. The number of phenols is 1. The largest absolute Gasteiger partial charge is 0.508 e. The lowest BCUT2D eigenvalue weighted by molar-refractivity contribution is -0.146. The van der Waals surface area contributed by atoms with Crippen LogP contribution >= 0.6 is 0 Å². The minimum Gasteiger partial charge on any atom is -0.508 e. The van der Waals surface area contributed by atoms with Gasteiger partial charge in [-0.25, -0.2) is 0 Å². The summed E-state index contributed by atoms with van der Waals surface area (Å²) in [6.45, 7) is 9.24. The lowest BCUT2D eigenvalue weighted by Crippen LogP contribution is -2.69. The molecule has 1 aromatic rings. The van der Waals surface area contributed by atoms with Gasteiger partial charge in [0, 0.05) is 18.0 Å². The third-order valence-electron chi connectivity index (χ3n) is 8.84. The van der Waals surface area contributed by atoms with Crippen LogP contribution in [0.1, 0.15) is 62.9 Å². The van der Waals surface area contributed by atoms with Gasteiger partial charge in [-0.15, -0.1) is 0 Å². The summed E-state index contributed by atoms with van der Waals surface area (Å²) in [7, 11) is 3.20. The number of phenolic OH excluding ortho intramolecular Hbond substituents is 1. The number of rotatable bonds is 6. The molecule has 3 aliphatic rings. The molecule has 3 unspecified atom stereocenters. The summed E-state index contributed by atoms with van der Waals surface area (Å²) >= 11 is 0. The molecule has 9 heteroatoms. The van der Waals surface area contributed by atoms with Gasteiger partial charge in [0.25, 0.3) is 0 Å². The summed E-state index contributed by atoms with van der Waals surface area (Å²) < 4.78 is 0. The van der Waals surface area contributed by atoms with E-state index in [1.165, 1.54) is 11.0 Å². The van der Waals surface area contributed by atoms with Crippen LogP contribution in [-0.4, -0.2) is 81.1 Å². The molecule has 0 aliphatic heterocycles. The number of likely N-dealkylation sites (N-methyl/N-ethyl adjacent to an activating group) is 1. The van der Waals surface area contributed by atoms with Crippen molar-refractivity contribution >= 4 is 17.3 Å². The SMILES string of the molecule is CCC(C)(C)CNC1=C2C(=O)c3c(O)cccc3[C@H](C)C2C(O)C2[C@H](N(C)C)C(=O)C(C(C)=O)=C(O)[C@@]12O. The molecule has 1 aromatic carbocycles. The van der Waals surface area contributed by atoms with Gasteiger partial charge in [0.15, 0.2) is 23.0 Å². The van der Waals surface area contributed by atoms with Crippen molar-refractivity contribution < 1.29 is 34.8 Å². The van der Waals surface area contributed by atoms with E-state index in [-0.39, 0.29) is 28.0 Å². The number of Topliss-reactive ketones (excluding diaryl/α,β-unsaturated/α-hetero) is 3. The van der Waals surface area contributed by atoms with Gasteiger partial charge >= 0.3 is 0 Å². The van der Waals surface area contributed by atoms with Crippen LogP contribution in [0.3, 0.4) is 0 Å². The highest BCUT2D eigenvalue weighted by atomic mass is 16.3. The molecule has 0 saturated carbocycles. The van der Waals surface area contributed by atoms with E-state index in [4.69, 9.17) is 0 Å². The zero-order valence-electron chi connectivity index (χ0n) is 23.0. The molecular formula is C29H38N2O7. The van der Waals surface area contributed by atoms with E-state index >= 15 is 0 Å². The minimum absolute atomic E-state index is 0.0333. The van der Waals surface area contributed by atoms with Gasteiger partial charge in [0.05, 0.1) is 29.3 Å². The van der Waals surface area contributed by atoms with E-state index in [9.17, 15) is 34.8 Å². The topological polar surface area (TPSA) is 147 Å². The van der Waals surface area contributed by atoms with Crippen molar-refractivity contribution in [3.05, 3.63) is 51.9 Å². The maximum absolute atomic E-state index is 14.1. The molecule has 0 amide bonds. The highest BCUT2D eigenvalue weighted by Crippen LogP contribution is 2.56. The molecule has 4 rings (SSSR count). The molecular weight excluding hydrogens is 488 g/mol. The Morgan fingerprint density at radius 3 is 2.37 bits per heavy atom. The average Bonchev–Trinajstić information content (AvgIpc) is 2.82. The number of nitrogens with one attached hydrogen (secondary N) is 1. The number of benzene rings is 1. The number of carbonyl (C=O) groups is 3. The van der Waals surface area contributed by atoms with Crippen LogP contribution in [0.4, 0.5) is 0 Å². The molecule has 38 heavy (non-hydrogen) atoms. The standard InChI is InChI=1S/C29H38N2O7/c1-8-28(4,5)12-30-26-20-17(13(2)15-10-9-11-16(33)19(15)23(20)34)24(35)21-22(31(6)7)25(36)18(14(3)32)27(37)29(21,26)38/h9-11,13,17,21-22,24,30,33,35,37-38H,8,12H2,1-7H3/t13-,17?,21?,22-,24?,29-/m0/s1. The zero-order chi connectivity index (χ0) is 28.5. The fourth-order valence-corrected chi connectivity index (χ4v) is 6.39. The summed E-state index contributed by atoms with van der Waals surface area (Å²) in [6.07, 6.45) is -0.690. The van der Waals surface area contributed by atoms with Gasteiger partial charge in [-0.2, -0.15) is 0 Å². The van der Waals surface area contributed by atoms with Crippen molar-refractivity contribution in [2.45, 2.75) is 64.7 Å². The predicted molar refractivity (Wildman–Crippen MR) is 141 cm³/mol. The second-order valence-corrected chi connectivity index (χ2v) is 11.9. The number of aromatic hydroxyl groups is 1. The molecule has 6 atom stereocenters. The maximum Gasteiger partial charge on any atom is 0.195 e. The highest BCUT2D eigenvalue weighted by molar-refractivity contribution is 6.23. The van der Waals surface area contributed by atoms with E-state index in [1.807, 2.05) is 27.7 Å². The Kier molecular flexibility index (Phi) is 6.87. The van der Waals surface area contributed by atoms with Gasteiger partial charge in [-0.3, -0.25) is 19.3 Å². The second-order valence-electron chi connectivity index (χ2n) is 11.9. The minimum atomic E-state index is -2.43. The van der Waals surface area contributed by atoms with Crippen molar-refractivity contribution in [2.24, 2.45) is 17.3 Å². The Bertz CT molecular complexity index is 1280. The number of nitrogens with zero attached hydrogens (tertiary/aromatic N) is 1. The molecule has 206 valence electrons. The van der Waals surface area contributed by atoms with Crippen LogP contribution in [0.25, 0.3) is 0 Å². The lowest BCUT2D eigenvalue weighted by atomic mass is 9.55. The van der Waals surface area contributed by atoms with Gasteiger partial charge < -0.3 is 25.7 Å². The summed E-state index contributed by atoms with van der Waals surface area (Å²) in [5.41, 5.74) is -2.66. The fraction of sp³-hybridized carbons (Fsp3) is 0.552. The summed E-state index contributed by atoms with van der Waals surface area (Å²) in [4.78, 5) is 41.7. The van der Waals surface area contributed by atoms with Crippen molar-refractivity contribution in [2.75, 3.05) is 20.6 Å². The molecule has 9 nitrogen and oxygen atoms in total. The van der Waals surface area contributed by atoms with Crippen LogP contribution in [0.5, 0.6) is 5.75 Å². The third-order valence-corrected chi connectivity index (χ3v) is 8.84. The Morgan fingerprint density at radius 2 is 1.82 bits per heavy atom. The van der Waals surface area contributed by atoms with Crippen LogP contribution in [-0.2, 0) is 9.59 Å². The first kappa shape index (κ1) is 28.0. The molecule has 0 bridgehead atoms. The van der Waals surface area contributed by atoms with Crippen molar-refractivity contribution in [1.29, 1.82) is 0 Å². The van der Waals surface area contributed by atoms with E-state index in [0.29, 0.717) is 12.1 Å². The molecule has 0 heterocycles. The summed E-state index contributed by atoms with van der Waals surface area (Å²) in [6, 6.07) is 3.59. The number of fused-ring (bicyclic) bond motifs is 3. The van der Waals surface area contributed by atoms with E-state index in [2.05, 4.69) is 5.32 Å². The number of carbonyl (C=O) groups excluding carboxylic acids is 3. The quantitative estimate of drug-likeness (QED) is 0.352. The molecule has 0 aromatic heterocycles. The molecule has 3 aliphatic carbocycles. The summed E-state index contributed by atoms with van der Waals surface area (Å²) in [5.74, 6) is -5.72. The van der Waals surface area contributed by atoms with Crippen LogP contribution in [0.15, 0.2) is 40.8 Å². The lowest BCUT2D eigenvalue weighted by Gasteiger charge is -2.55. The Balaban J connectivity index is 2.12. The van der Waals surface area contributed by atoms with Gasteiger partial charge in [-0.05, 0) is 50.4 Å². The normalized spacial score (nSPS) is 31.3. The number of aliphatic hydroxyl groups excluding tert-OH is 2. The average molecular weight is 527 g/mol. The van der Waals surface area contributed by atoms with E-state index in [1.54, 1.807) is 26.2 Å². The van der Waals surface area contributed by atoms with Crippen molar-refractivity contribution in [1.82, 2.24) is 10.2 Å². The molecule has 0 fully saturated rings. The first-order chi connectivity index (χ1) is 17.6. The molecule has 0 radical (unpaired) electrons. The van der Waals surface area contributed by atoms with E-state index in [0.717, 1.165) is 13.3 Å². The molecule has 0 spiro atoms. The van der Waals surface area contributed by atoms with E-state index < -0.39 is 64.2 Å². The Hall–Kier alpha value is -3.01. The number of aliphatic hydroxyl groups is 3. The molecule has 0 saturated heterocycles. The summed E-state index contributed by atoms with van der Waals surface area (Å²) in [5, 5.41) is 49.7. The van der Waals surface area contributed by atoms with Crippen LogP contribution < -0.4 is 5.32 Å². The Labute approximate surface area is 222 Å².